The maximum Gasteiger partial charge on any atom is 0.156 e. The third kappa shape index (κ3) is 8.88. The summed E-state index contributed by atoms with van der Waals surface area (Å²) in [7, 11) is 0. The van der Waals surface area contributed by atoms with E-state index in [4.69, 9.17) is 60.6 Å². The molecule has 0 bridgehead atoms. The van der Waals surface area contributed by atoms with Gasteiger partial charge in [0.25, 0.3) is 0 Å². The number of carbonyl (C=O) groups is 1. The predicted octanol–water partition coefficient (Wildman–Crippen LogP) is 7.14. The van der Waals surface area contributed by atoms with Gasteiger partial charge in [-0.05, 0) is 36.8 Å². The van der Waals surface area contributed by atoms with Crippen LogP contribution in [0.15, 0.2) is 53.0 Å². The Hall–Kier alpha value is -1.85. The Morgan fingerprint density at radius 1 is 0.933 bits per heavy atom. The molecule has 0 atom stereocenters. The Balaban J connectivity index is 1.77. The Bertz CT molecular complexity index is 881. The normalized spacial score (nSPS) is 10.7. The van der Waals surface area contributed by atoms with E-state index in [-0.39, 0.29) is 16.9 Å². The number of ether oxygens (including phenoxy) is 3. The summed E-state index contributed by atoms with van der Waals surface area (Å²) in [4.78, 5) is 11.0. The van der Waals surface area contributed by atoms with E-state index >= 15 is 0 Å². The average molecular weight is 490 g/mol. The van der Waals surface area contributed by atoms with Crippen LogP contribution in [0.5, 0.6) is 17.2 Å². The van der Waals surface area contributed by atoms with Crippen LogP contribution in [-0.2, 0) is 4.79 Å². The number of hydrogen-bond acceptors (Lipinski definition) is 4. The van der Waals surface area contributed by atoms with Crippen LogP contribution in [0.2, 0.25) is 10.0 Å². The summed E-state index contributed by atoms with van der Waals surface area (Å²) in [5, 5.41) is 0.683. The van der Waals surface area contributed by atoms with Crippen molar-refractivity contribution < 1.29 is 19.0 Å². The van der Waals surface area contributed by atoms with Crippen molar-refractivity contribution in [3.63, 3.8) is 0 Å². The van der Waals surface area contributed by atoms with Crippen molar-refractivity contribution in [3.05, 3.63) is 68.7 Å². The maximum atomic E-state index is 11.0. The highest BCUT2D eigenvalue weighted by molar-refractivity contribution is 6.55. The molecule has 0 saturated carbocycles. The highest BCUT2D eigenvalue weighted by Gasteiger charge is 2.10. The van der Waals surface area contributed by atoms with Gasteiger partial charge in [-0.25, -0.2) is 0 Å². The monoisotopic (exact) mass is 488 g/mol. The van der Waals surface area contributed by atoms with E-state index in [1.807, 2.05) is 24.3 Å². The Kier molecular flexibility index (Phi) is 10.4. The van der Waals surface area contributed by atoms with Gasteiger partial charge in [-0.2, -0.15) is 0 Å². The van der Waals surface area contributed by atoms with Gasteiger partial charge >= 0.3 is 0 Å². The van der Waals surface area contributed by atoms with Crippen LogP contribution in [0.4, 0.5) is 0 Å². The van der Waals surface area contributed by atoms with E-state index in [9.17, 15) is 4.79 Å². The van der Waals surface area contributed by atoms with E-state index in [2.05, 4.69) is 0 Å². The van der Waals surface area contributed by atoms with Crippen molar-refractivity contribution in [1.29, 1.82) is 0 Å². The van der Waals surface area contributed by atoms with Crippen LogP contribution in [0.25, 0.3) is 6.08 Å². The molecule has 2 aromatic carbocycles. The number of halogens is 4. The minimum absolute atomic E-state index is 0.00564. The quantitative estimate of drug-likeness (QED) is 0.248. The number of allylic oxidation sites excluding steroid dienone is 1. The van der Waals surface area contributed by atoms with E-state index in [1.165, 1.54) is 19.1 Å². The zero-order valence-corrected chi connectivity index (χ0v) is 19.2. The first-order valence-electron chi connectivity index (χ1n) is 9.02. The second kappa shape index (κ2) is 12.8. The van der Waals surface area contributed by atoms with Gasteiger partial charge in [0.05, 0.1) is 23.3 Å². The van der Waals surface area contributed by atoms with Gasteiger partial charge in [-0.1, -0.05) is 64.6 Å². The molecule has 0 aliphatic heterocycles. The largest absolute Gasteiger partial charge is 0.493 e. The first kappa shape index (κ1) is 24.4. The fraction of sp³-hybridized carbons (Fsp3) is 0.227. The zero-order chi connectivity index (χ0) is 21.9. The third-order valence-corrected chi connectivity index (χ3v) is 4.52. The molecule has 160 valence electrons. The molecule has 0 spiro atoms. The molecule has 0 N–H and O–H groups in total. The van der Waals surface area contributed by atoms with Crippen LogP contribution in [0.3, 0.4) is 0 Å². The van der Waals surface area contributed by atoms with Crippen molar-refractivity contribution in [2.45, 2.75) is 13.3 Å². The summed E-state index contributed by atoms with van der Waals surface area (Å²) in [6, 6.07) is 10.7. The molecule has 0 unspecified atom stereocenters. The van der Waals surface area contributed by atoms with Gasteiger partial charge in [-0.15, -0.1) is 0 Å². The number of hydrogen-bond donors (Lipinski definition) is 0. The molecular formula is C22H20Cl4O4. The molecule has 0 radical (unpaired) electrons. The highest BCUT2D eigenvalue weighted by atomic mass is 35.5. The number of benzene rings is 2. The maximum absolute atomic E-state index is 11.0. The summed E-state index contributed by atoms with van der Waals surface area (Å²) in [6.45, 7) is 2.55. The zero-order valence-electron chi connectivity index (χ0n) is 16.2. The second-order valence-electron chi connectivity index (χ2n) is 6.08. The molecule has 0 amide bonds. The van der Waals surface area contributed by atoms with Gasteiger partial charge < -0.3 is 14.2 Å². The summed E-state index contributed by atoms with van der Waals surface area (Å²) in [6.07, 6.45) is 5.42. The van der Waals surface area contributed by atoms with Crippen LogP contribution in [0.1, 0.15) is 18.9 Å². The smallest absolute Gasteiger partial charge is 0.156 e. The van der Waals surface area contributed by atoms with Crippen LogP contribution >= 0.6 is 46.4 Å². The van der Waals surface area contributed by atoms with Crippen molar-refractivity contribution in [2.75, 3.05) is 19.8 Å². The van der Waals surface area contributed by atoms with E-state index < -0.39 is 0 Å². The third-order valence-electron chi connectivity index (χ3n) is 3.65. The predicted molar refractivity (Wildman–Crippen MR) is 124 cm³/mol. The molecule has 30 heavy (non-hydrogen) atoms. The number of rotatable bonds is 11. The Labute approximate surface area is 195 Å². The molecule has 0 heterocycles. The average Bonchev–Trinajstić information content (AvgIpc) is 2.68. The first-order chi connectivity index (χ1) is 14.3. The lowest BCUT2D eigenvalue weighted by atomic mass is 10.2. The molecular weight excluding hydrogens is 470 g/mol. The Morgan fingerprint density at radius 2 is 1.57 bits per heavy atom. The van der Waals surface area contributed by atoms with Gasteiger partial charge in [0, 0.05) is 18.6 Å². The van der Waals surface area contributed by atoms with Gasteiger partial charge in [0.2, 0.25) is 0 Å². The fourth-order valence-electron chi connectivity index (χ4n) is 2.27. The van der Waals surface area contributed by atoms with Gasteiger partial charge in [0.15, 0.2) is 11.5 Å². The lowest BCUT2D eigenvalue weighted by molar-refractivity contribution is -0.112. The van der Waals surface area contributed by atoms with Crippen molar-refractivity contribution in [1.82, 2.24) is 0 Å². The minimum Gasteiger partial charge on any atom is -0.493 e. The van der Waals surface area contributed by atoms with Crippen molar-refractivity contribution in [2.24, 2.45) is 0 Å². The molecule has 4 nitrogen and oxygen atoms in total. The first-order valence-corrected chi connectivity index (χ1v) is 10.5. The SMILES string of the molecule is CC(=O)/C=C/c1ccc(OCCCOc2c(Cl)cc(OCC=C(Cl)Cl)cc2Cl)cc1. The highest BCUT2D eigenvalue weighted by Crippen LogP contribution is 2.37. The lowest BCUT2D eigenvalue weighted by Crippen LogP contribution is -2.05. The summed E-state index contributed by atoms with van der Waals surface area (Å²) in [5.74, 6) is 1.61. The topological polar surface area (TPSA) is 44.8 Å². The molecule has 0 aliphatic carbocycles. The molecule has 0 fully saturated rings. The van der Waals surface area contributed by atoms with Crippen molar-refractivity contribution in [3.8, 4) is 17.2 Å². The van der Waals surface area contributed by atoms with E-state index in [0.717, 1.165) is 11.3 Å². The summed E-state index contributed by atoms with van der Waals surface area (Å²) < 4.78 is 16.9. The Morgan fingerprint density at radius 3 is 2.17 bits per heavy atom. The summed E-state index contributed by atoms with van der Waals surface area (Å²) in [5.41, 5.74) is 0.930. The van der Waals surface area contributed by atoms with E-state index in [1.54, 1.807) is 18.2 Å². The summed E-state index contributed by atoms with van der Waals surface area (Å²) >= 11 is 23.5. The molecule has 2 rings (SSSR count). The molecule has 0 saturated heterocycles. The minimum atomic E-state index is 0.00564. The van der Waals surface area contributed by atoms with Crippen LogP contribution in [0, 0.1) is 0 Å². The molecule has 0 aliphatic rings. The molecule has 8 heteroatoms. The molecule has 0 aromatic heterocycles. The van der Waals surface area contributed by atoms with Crippen molar-refractivity contribution >= 4 is 58.3 Å². The fourth-order valence-corrected chi connectivity index (χ4v) is 2.97. The standard InChI is InChI=1S/C22H20Cl4O4/c1-15(27)3-4-16-5-7-17(8-6-16)28-10-2-11-30-22-19(23)13-18(14-20(22)24)29-12-9-21(25)26/h3-9,13-14H,2,10-12H2,1H3/b4-3+. The van der Waals surface area contributed by atoms with E-state index in [0.29, 0.717) is 41.2 Å². The van der Waals surface area contributed by atoms with Gasteiger partial charge in [0.1, 0.15) is 22.6 Å². The lowest BCUT2D eigenvalue weighted by Gasteiger charge is -2.12. The number of carbonyl (C=O) groups excluding carboxylic acids is 1. The second-order valence-corrected chi connectivity index (χ2v) is 7.91. The molecule has 2 aromatic rings. The number of ketones is 1. The van der Waals surface area contributed by atoms with Crippen LogP contribution in [-0.4, -0.2) is 25.6 Å². The van der Waals surface area contributed by atoms with Gasteiger partial charge in [-0.3, -0.25) is 4.79 Å². The van der Waals surface area contributed by atoms with Crippen LogP contribution < -0.4 is 14.2 Å².